The zero-order valence-electron chi connectivity index (χ0n) is 13.5. The predicted molar refractivity (Wildman–Crippen MR) is 97.8 cm³/mol. The number of carbonyl (C=O) groups is 1. The van der Waals surface area contributed by atoms with Crippen molar-refractivity contribution in [3.05, 3.63) is 58.8 Å². The van der Waals surface area contributed by atoms with Crippen molar-refractivity contribution in [2.24, 2.45) is 0 Å². The van der Waals surface area contributed by atoms with Gasteiger partial charge in [0.15, 0.2) is 0 Å². The summed E-state index contributed by atoms with van der Waals surface area (Å²) in [4.78, 5) is 19.0. The summed E-state index contributed by atoms with van der Waals surface area (Å²) in [6.07, 6.45) is 5.43. The molecule has 0 radical (unpaired) electrons. The molecule has 1 fully saturated rings. The van der Waals surface area contributed by atoms with Crippen LogP contribution in [0.25, 0.3) is 0 Å². The molecule has 126 valence electrons. The molecule has 0 aliphatic carbocycles. The summed E-state index contributed by atoms with van der Waals surface area (Å²) < 4.78 is 6.63. The average molecular weight is 389 g/mol. The van der Waals surface area contributed by atoms with Gasteiger partial charge in [-0.15, -0.1) is 0 Å². The van der Waals surface area contributed by atoms with Crippen LogP contribution in [-0.4, -0.2) is 23.6 Å². The van der Waals surface area contributed by atoms with Crippen LogP contribution in [0.2, 0.25) is 0 Å². The van der Waals surface area contributed by atoms with Gasteiger partial charge in [0.2, 0.25) is 5.91 Å². The molecule has 0 saturated carbocycles. The van der Waals surface area contributed by atoms with Crippen LogP contribution in [0.15, 0.2) is 53.1 Å². The summed E-state index contributed by atoms with van der Waals surface area (Å²) in [5.74, 6) is 0.110. The maximum absolute atomic E-state index is 12.8. The first kappa shape index (κ1) is 17.1. The monoisotopic (exact) mass is 388 g/mol. The van der Waals surface area contributed by atoms with Gasteiger partial charge in [-0.3, -0.25) is 9.78 Å². The van der Waals surface area contributed by atoms with E-state index in [9.17, 15) is 4.79 Å². The summed E-state index contributed by atoms with van der Waals surface area (Å²) in [5, 5.41) is 0. The number of anilines is 1. The predicted octanol–water partition coefficient (Wildman–Crippen LogP) is 4.34. The minimum Gasteiger partial charge on any atom is -0.378 e. The number of hydrogen-bond acceptors (Lipinski definition) is 3. The SMILES string of the molecule is O=C(CCC1CCCO1)N(Cc1ccccn1)c1ccc(Br)cc1. The van der Waals surface area contributed by atoms with Gasteiger partial charge >= 0.3 is 0 Å². The molecule has 1 unspecified atom stereocenters. The average Bonchev–Trinajstić information content (AvgIpc) is 3.13. The molecule has 1 saturated heterocycles. The first-order valence-electron chi connectivity index (χ1n) is 8.30. The lowest BCUT2D eigenvalue weighted by atomic mass is 10.1. The second kappa shape index (κ2) is 8.40. The number of hydrogen-bond donors (Lipinski definition) is 0. The van der Waals surface area contributed by atoms with Crippen molar-refractivity contribution in [3.63, 3.8) is 0 Å². The van der Waals surface area contributed by atoms with Gasteiger partial charge in [0.25, 0.3) is 0 Å². The van der Waals surface area contributed by atoms with Gasteiger partial charge in [0, 0.05) is 29.4 Å². The molecule has 1 amide bonds. The molecule has 1 aliphatic rings. The summed E-state index contributed by atoms with van der Waals surface area (Å²) in [5.41, 5.74) is 1.77. The Hall–Kier alpha value is -1.72. The van der Waals surface area contributed by atoms with E-state index >= 15 is 0 Å². The molecule has 5 heteroatoms. The zero-order valence-corrected chi connectivity index (χ0v) is 15.1. The van der Waals surface area contributed by atoms with E-state index in [-0.39, 0.29) is 12.0 Å². The third-order valence-electron chi connectivity index (χ3n) is 4.19. The Morgan fingerprint density at radius 2 is 2.08 bits per heavy atom. The number of nitrogens with zero attached hydrogens (tertiary/aromatic N) is 2. The van der Waals surface area contributed by atoms with Crippen LogP contribution in [0, 0.1) is 0 Å². The minimum absolute atomic E-state index is 0.110. The first-order valence-corrected chi connectivity index (χ1v) is 9.09. The quantitative estimate of drug-likeness (QED) is 0.738. The van der Waals surface area contributed by atoms with E-state index in [1.54, 1.807) is 6.20 Å². The second-order valence-electron chi connectivity index (χ2n) is 5.95. The number of aromatic nitrogens is 1. The van der Waals surface area contributed by atoms with Crippen LogP contribution in [-0.2, 0) is 16.1 Å². The Balaban J connectivity index is 1.72. The molecule has 2 heterocycles. The van der Waals surface area contributed by atoms with E-state index in [1.807, 2.05) is 47.4 Å². The third kappa shape index (κ3) is 4.65. The molecular formula is C19H21BrN2O2. The summed E-state index contributed by atoms with van der Waals surface area (Å²) >= 11 is 3.44. The number of carbonyl (C=O) groups excluding carboxylic acids is 1. The van der Waals surface area contributed by atoms with Crippen molar-refractivity contribution >= 4 is 27.5 Å². The van der Waals surface area contributed by atoms with Crippen molar-refractivity contribution in [2.75, 3.05) is 11.5 Å². The Morgan fingerprint density at radius 3 is 2.75 bits per heavy atom. The van der Waals surface area contributed by atoms with Crippen LogP contribution in [0.5, 0.6) is 0 Å². The van der Waals surface area contributed by atoms with E-state index < -0.39 is 0 Å². The molecule has 1 aromatic carbocycles. The molecule has 0 spiro atoms. The van der Waals surface area contributed by atoms with Crippen LogP contribution >= 0.6 is 15.9 Å². The van der Waals surface area contributed by atoms with E-state index in [0.29, 0.717) is 13.0 Å². The molecule has 4 nitrogen and oxygen atoms in total. The molecule has 3 rings (SSSR count). The lowest BCUT2D eigenvalue weighted by molar-refractivity contribution is -0.119. The van der Waals surface area contributed by atoms with Crippen molar-refractivity contribution < 1.29 is 9.53 Å². The second-order valence-corrected chi connectivity index (χ2v) is 6.87. The molecule has 1 aromatic heterocycles. The highest BCUT2D eigenvalue weighted by Gasteiger charge is 2.21. The summed E-state index contributed by atoms with van der Waals surface area (Å²) in [6.45, 7) is 1.30. The standard InChI is InChI=1S/C19H21BrN2O2/c20-15-6-8-17(9-7-15)22(14-16-4-1-2-12-21-16)19(23)11-10-18-5-3-13-24-18/h1-2,4,6-9,12,18H,3,5,10-11,13-14H2. The number of rotatable bonds is 6. The van der Waals surface area contributed by atoms with Gasteiger partial charge in [-0.1, -0.05) is 22.0 Å². The van der Waals surface area contributed by atoms with Crippen LogP contribution in [0.3, 0.4) is 0 Å². The Bertz CT molecular complexity index is 655. The lowest BCUT2D eigenvalue weighted by Crippen LogP contribution is -2.31. The molecule has 0 bridgehead atoms. The van der Waals surface area contributed by atoms with Crippen LogP contribution in [0.4, 0.5) is 5.69 Å². The Kier molecular flexibility index (Phi) is 5.99. The highest BCUT2D eigenvalue weighted by Crippen LogP contribution is 2.23. The van der Waals surface area contributed by atoms with Crippen LogP contribution in [0.1, 0.15) is 31.4 Å². The van der Waals surface area contributed by atoms with Crippen molar-refractivity contribution in [3.8, 4) is 0 Å². The van der Waals surface area contributed by atoms with Gasteiger partial charge < -0.3 is 9.64 Å². The number of benzene rings is 1. The molecule has 24 heavy (non-hydrogen) atoms. The maximum Gasteiger partial charge on any atom is 0.227 e. The van der Waals surface area contributed by atoms with E-state index in [0.717, 1.165) is 41.7 Å². The fourth-order valence-corrected chi connectivity index (χ4v) is 3.15. The highest BCUT2D eigenvalue weighted by molar-refractivity contribution is 9.10. The van der Waals surface area contributed by atoms with Gasteiger partial charge in [-0.2, -0.15) is 0 Å². The molecule has 1 atom stereocenters. The van der Waals surface area contributed by atoms with Crippen LogP contribution < -0.4 is 4.90 Å². The van der Waals surface area contributed by atoms with Gasteiger partial charge in [0.1, 0.15) is 0 Å². The van der Waals surface area contributed by atoms with Crippen molar-refractivity contribution in [1.82, 2.24) is 4.98 Å². The van der Waals surface area contributed by atoms with Gasteiger partial charge in [-0.25, -0.2) is 0 Å². The normalized spacial score (nSPS) is 17.0. The number of halogens is 1. The third-order valence-corrected chi connectivity index (χ3v) is 4.72. The molecule has 0 N–H and O–H groups in total. The lowest BCUT2D eigenvalue weighted by Gasteiger charge is -2.23. The number of amides is 1. The number of pyridine rings is 1. The minimum atomic E-state index is 0.110. The summed E-state index contributed by atoms with van der Waals surface area (Å²) in [7, 11) is 0. The highest BCUT2D eigenvalue weighted by atomic mass is 79.9. The van der Waals surface area contributed by atoms with E-state index in [1.165, 1.54) is 0 Å². The van der Waals surface area contributed by atoms with Crippen molar-refractivity contribution in [2.45, 2.75) is 38.3 Å². The molecule has 1 aliphatic heterocycles. The molecule has 2 aromatic rings. The fourth-order valence-electron chi connectivity index (χ4n) is 2.89. The summed E-state index contributed by atoms with van der Waals surface area (Å²) in [6, 6.07) is 13.6. The van der Waals surface area contributed by atoms with Crippen molar-refractivity contribution in [1.29, 1.82) is 0 Å². The fraction of sp³-hybridized carbons (Fsp3) is 0.368. The van der Waals surface area contributed by atoms with E-state index in [4.69, 9.17) is 4.74 Å². The topological polar surface area (TPSA) is 42.4 Å². The molecular weight excluding hydrogens is 368 g/mol. The van der Waals surface area contributed by atoms with E-state index in [2.05, 4.69) is 20.9 Å². The van der Waals surface area contributed by atoms with Gasteiger partial charge in [-0.05, 0) is 55.7 Å². The number of ether oxygens (including phenoxy) is 1. The zero-order chi connectivity index (χ0) is 16.8. The largest absolute Gasteiger partial charge is 0.378 e. The maximum atomic E-state index is 12.8. The van der Waals surface area contributed by atoms with Gasteiger partial charge in [0.05, 0.1) is 18.3 Å². The smallest absolute Gasteiger partial charge is 0.227 e. The Morgan fingerprint density at radius 1 is 1.25 bits per heavy atom. The Labute approximate surface area is 151 Å². The first-order chi connectivity index (χ1) is 11.7.